The second-order valence-corrected chi connectivity index (χ2v) is 9.12. The molecule has 39 heavy (non-hydrogen) atoms. The van der Waals surface area contributed by atoms with Crippen LogP contribution >= 0.6 is 0 Å². The van der Waals surface area contributed by atoms with E-state index < -0.39 is 24.3 Å². The molecule has 0 radical (unpaired) electrons. The van der Waals surface area contributed by atoms with Crippen molar-refractivity contribution in [1.82, 2.24) is 14.8 Å². The molecule has 16 heteroatoms. The topological polar surface area (TPSA) is 130 Å². The van der Waals surface area contributed by atoms with Crippen molar-refractivity contribution >= 4 is 17.8 Å². The maximum absolute atomic E-state index is 12.5. The van der Waals surface area contributed by atoms with Crippen LogP contribution in [0.3, 0.4) is 0 Å². The number of carboxylic acids is 2. The third-order valence-electron chi connectivity index (χ3n) is 5.68. The van der Waals surface area contributed by atoms with Crippen LogP contribution in [0.15, 0.2) is 24.5 Å². The average Bonchev–Trinajstić information content (AvgIpc) is 2.83. The molecule has 3 rings (SSSR count). The fourth-order valence-electron chi connectivity index (χ4n) is 3.94. The first kappa shape index (κ1) is 34.0. The number of piperidine rings is 1. The van der Waals surface area contributed by atoms with Crippen molar-refractivity contribution in [2.75, 3.05) is 46.9 Å². The molecule has 2 fully saturated rings. The lowest BCUT2D eigenvalue weighted by Crippen LogP contribution is -2.58. The molecule has 0 aromatic carbocycles. The summed E-state index contributed by atoms with van der Waals surface area (Å²) < 4.78 is 75.6. The van der Waals surface area contributed by atoms with E-state index in [2.05, 4.69) is 4.98 Å². The van der Waals surface area contributed by atoms with Crippen LogP contribution in [0.4, 0.5) is 26.3 Å². The van der Waals surface area contributed by atoms with Crippen molar-refractivity contribution in [3.63, 3.8) is 0 Å². The Labute approximate surface area is 220 Å². The molecule has 2 N–H and O–H groups in total. The minimum atomic E-state index is -5.08. The van der Waals surface area contributed by atoms with Crippen LogP contribution in [0.1, 0.15) is 24.8 Å². The molecule has 10 nitrogen and oxygen atoms in total. The number of alkyl halides is 6. The third-order valence-corrected chi connectivity index (χ3v) is 5.68. The van der Waals surface area contributed by atoms with Gasteiger partial charge in [-0.25, -0.2) is 9.59 Å². The number of carbonyl (C=O) groups excluding carboxylic acids is 1. The molecular formula is C23H31F6N3O7. The van der Waals surface area contributed by atoms with Gasteiger partial charge in [-0.1, -0.05) is 0 Å². The zero-order chi connectivity index (χ0) is 29.9. The number of ether oxygens (including phenoxy) is 2. The first-order chi connectivity index (χ1) is 18.0. The summed E-state index contributed by atoms with van der Waals surface area (Å²) in [5.41, 5.74) is 1.04. The molecule has 0 aliphatic carbocycles. The molecule has 3 heterocycles. The van der Waals surface area contributed by atoms with Crippen LogP contribution in [0, 0.1) is 5.41 Å². The van der Waals surface area contributed by atoms with Crippen molar-refractivity contribution in [2.45, 2.75) is 44.3 Å². The molecule has 2 aliphatic rings. The lowest BCUT2D eigenvalue weighted by Gasteiger charge is -2.50. The Morgan fingerprint density at radius 1 is 1.10 bits per heavy atom. The monoisotopic (exact) mass is 575 g/mol. The number of aromatic nitrogens is 1. The predicted octanol–water partition coefficient (Wildman–Crippen LogP) is 2.82. The molecule has 1 aromatic rings. The Balaban J connectivity index is 0.000000449. The number of hydrogen-bond acceptors (Lipinski definition) is 7. The van der Waals surface area contributed by atoms with Gasteiger partial charge in [0.15, 0.2) is 0 Å². The first-order valence-electron chi connectivity index (χ1n) is 11.6. The van der Waals surface area contributed by atoms with Crippen LogP contribution in [0.2, 0.25) is 0 Å². The van der Waals surface area contributed by atoms with Gasteiger partial charge < -0.3 is 29.5 Å². The number of amides is 1. The molecule has 2 saturated heterocycles. The van der Waals surface area contributed by atoms with E-state index >= 15 is 0 Å². The van der Waals surface area contributed by atoms with E-state index in [1.807, 2.05) is 36.0 Å². The summed E-state index contributed by atoms with van der Waals surface area (Å²) >= 11 is 0. The quantitative estimate of drug-likeness (QED) is 0.492. The van der Waals surface area contributed by atoms with E-state index in [1.54, 1.807) is 12.4 Å². The Hall–Kier alpha value is -2.98. The van der Waals surface area contributed by atoms with Crippen molar-refractivity contribution in [3.05, 3.63) is 30.1 Å². The number of rotatable bonds is 6. The zero-order valence-electron chi connectivity index (χ0n) is 21.3. The SMILES string of the molecule is CN(C)CC(=O)N1CCC2OCCCC2(COCc2ccncc2)C1.O=C(O)C(F)(F)F.O=C(O)C(F)(F)F. The molecule has 2 aliphatic heterocycles. The number of aliphatic carboxylic acids is 2. The highest BCUT2D eigenvalue weighted by atomic mass is 19.4. The Kier molecular flexibility index (Phi) is 13.1. The highest BCUT2D eigenvalue weighted by Gasteiger charge is 2.47. The highest BCUT2D eigenvalue weighted by Crippen LogP contribution is 2.40. The molecular weight excluding hydrogens is 544 g/mol. The summed E-state index contributed by atoms with van der Waals surface area (Å²) in [5.74, 6) is -5.32. The van der Waals surface area contributed by atoms with Gasteiger partial charge in [-0.05, 0) is 51.1 Å². The first-order valence-corrected chi connectivity index (χ1v) is 11.6. The minimum absolute atomic E-state index is 0.0779. The molecule has 0 spiro atoms. The van der Waals surface area contributed by atoms with Gasteiger partial charge in [-0.15, -0.1) is 0 Å². The van der Waals surface area contributed by atoms with E-state index in [9.17, 15) is 31.1 Å². The van der Waals surface area contributed by atoms with Crippen LogP contribution in [0.25, 0.3) is 0 Å². The Morgan fingerprint density at radius 3 is 2.13 bits per heavy atom. The van der Waals surface area contributed by atoms with Crippen molar-refractivity contribution in [3.8, 4) is 0 Å². The van der Waals surface area contributed by atoms with Gasteiger partial charge in [-0.2, -0.15) is 26.3 Å². The van der Waals surface area contributed by atoms with E-state index in [4.69, 9.17) is 29.3 Å². The molecule has 0 bridgehead atoms. The van der Waals surface area contributed by atoms with Crippen LogP contribution in [-0.2, 0) is 30.5 Å². The van der Waals surface area contributed by atoms with E-state index in [0.29, 0.717) is 19.8 Å². The summed E-state index contributed by atoms with van der Waals surface area (Å²) in [6.45, 7) is 4.00. The standard InChI is InChI=1S/C19H29N3O3.2C2HF3O2/c1-21(2)12-18(23)22-10-6-17-19(14-22,7-3-11-25-17)15-24-13-16-4-8-20-9-5-16;2*3-2(4,5)1(6)7/h4-5,8-9,17H,3,6-7,10-15H2,1-2H3;2*(H,6,7). The number of hydrogen-bond donors (Lipinski definition) is 2. The average molecular weight is 576 g/mol. The summed E-state index contributed by atoms with van der Waals surface area (Å²) in [5, 5.41) is 14.2. The van der Waals surface area contributed by atoms with E-state index in [1.165, 1.54) is 0 Å². The van der Waals surface area contributed by atoms with Gasteiger partial charge in [-0.3, -0.25) is 9.78 Å². The number of fused-ring (bicyclic) bond motifs is 1. The van der Waals surface area contributed by atoms with Gasteiger partial charge in [0.1, 0.15) is 0 Å². The molecule has 1 amide bonds. The van der Waals surface area contributed by atoms with Crippen molar-refractivity contribution < 1.29 is 60.4 Å². The third kappa shape index (κ3) is 12.2. The summed E-state index contributed by atoms with van der Waals surface area (Å²) in [6, 6.07) is 3.95. The molecule has 1 aromatic heterocycles. The summed E-state index contributed by atoms with van der Waals surface area (Å²) in [6.07, 6.45) is -3.41. The van der Waals surface area contributed by atoms with Crippen LogP contribution in [-0.4, -0.2) is 108 Å². The molecule has 2 unspecified atom stereocenters. The normalized spacial score (nSPS) is 21.1. The number of carboxylic acid groups (broad SMARTS) is 2. The van der Waals surface area contributed by atoms with Crippen molar-refractivity contribution in [2.24, 2.45) is 5.41 Å². The fraction of sp³-hybridized carbons (Fsp3) is 0.652. The van der Waals surface area contributed by atoms with Crippen LogP contribution in [0.5, 0.6) is 0 Å². The van der Waals surface area contributed by atoms with Gasteiger partial charge in [0.2, 0.25) is 5.91 Å². The number of likely N-dealkylation sites (N-methyl/N-ethyl adjacent to an activating group) is 1. The Bertz CT molecular complexity index is 907. The molecule has 2 atom stereocenters. The van der Waals surface area contributed by atoms with Crippen LogP contribution < -0.4 is 0 Å². The number of pyridine rings is 1. The second kappa shape index (κ2) is 15.0. The number of likely N-dealkylation sites (tertiary alicyclic amines) is 1. The van der Waals surface area contributed by atoms with Gasteiger partial charge in [0.05, 0.1) is 25.9 Å². The number of halogens is 6. The van der Waals surface area contributed by atoms with Crippen molar-refractivity contribution in [1.29, 1.82) is 0 Å². The molecule has 222 valence electrons. The molecule has 0 saturated carbocycles. The minimum Gasteiger partial charge on any atom is -0.475 e. The number of nitrogens with zero attached hydrogens (tertiary/aromatic N) is 3. The zero-order valence-corrected chi connectivity index (χ0v) is 21.3. The smallest absolute Gasteiger partial charge is 0.475 e. The lowest BCUT2D eigenvalue weighted by molar-refractivity contribution is -0.193. The fourth-order valence-corrected chi connectivity index (χ4v) is 3.94. The summed E-state index contributed by atoms with van der Waals surface area (Å²) in [7, 11) is 3.87. The van der Waals surface area contributed by atoms with Gasteiger partial charge in [0.25, 0.3) is 0 Å². The predicted molar refractivity (Wildman–Crippen MR) is 122 cm³/mol. The van der Waals surface area contributed by atoms with E-state index in [-0.39, 0.29) is 17.4 Å². The lowest BCUT2D eigenvalue weighted by atomic mass is 9.73. The second-order valence-electron chi connectivity index (χ2n) is 9.12. The maximum atomic E-state index is 12.5. The summed E-state index contributed by atoms with van der Waals surface area (Å²) in [4.78, 5) is 38.3. The van der Waals surface area contributed by atoms with Gasteiger partial charge >= 0.3 is 24.3 Å². The Morgan fingerprint density at radius 2 is 1.64 bits per heavy atom. The van der Waals surface area contributed by atoms with Gasteiger partial charge in [0, 0.05) is 37.5 Å². The van der Waals surface area contributed by atoms with E-state index in [0.717, 1.165) is 44.5 Å². The maximum Gasteiger partial charge on any atom is 0.490 e. The highest BCUT2D eigenvalue weighted by molar-refractivity contribution is 5.78. The number of carbonyl (C=O) groups is 3. The largest absolute Gasteiger partial charge is 0.490 e.